The fraction of sp³-hybridized carbons (Fsp3) is 0.333. The maximum Gasteiger partial charge on any atom is 0.325 e. The van der Waals surface area contributed by atoms with Crippen LogP contribution in [0.3, 0.4) is 0 Å². The highest BCUT2D eigenvalue weighted by molar-refractivity contribution is 5.81. The lowest BCUT2D eigenvalue weighted by Crippen LogP contribution is -2.45. The molecule has 0 fully saturated rings. The SMILES string of the molecule is NNC(=NCC(=O)O)NN. The van der Waals surface area contributed by atoms with E-state index in [1.165, 1.54) is 0 Å². The van der Waals surface area contributed by atoms with Gasteiger partial charge in [-0.25, -0.2) is 16.7 Å². The molecular weight excluding hydrogens is 138 g/mol. The largest absolute Gasteiger partial charge is 0.480 e. The maximum atomic E-state index is 9.89. The molecule has 0 aliphatic heterocycles. The fourth-order valence-electron chi connectivity index (χ4n) is 0.280. The van der Waals surface area contributed by atoms with E-state index in [1.54, 1.807) is 0 Å². The molecule has 0 heterocycles. The Morgan fingerprint density at radius 1 is 1.50 bits per heavy atom. The standard InChI is InChI=1S/C3H9N5O2/c4-7-3(8-5)6-1-2(9)10/h1,4-5H2,(H,9,10)(H2,6,7,8). The average molecular weight is 147 g/mol. The predicted octanol–water partition coefficient (Wildman–Crippen LogP) is -2.65. The number of carboxylic acids is 1. The van der Waals surface area contributed by atoms with Gasteiger partial charge in [-0.15, -0.1) is 0 Å². The van der Waals surface area contributed by atoms with Gasteiger partial charge in [0, 0.05) is 0 Å². The maximum absolute atomic E-state index is 9.89. The van der Waals surface area contributed by atoms with Crippen LogP contribution in [-0.2, 0) is 4.79 Å². The Kier molecular flexibility index (Phi) is 3.92. The van der Waals surface area contributed by atoms with Crippen molar-refractivity contribution in [3.05, 3.63) is 0 Å². The number of nitrogens with two attached hydrogens (primary N) is 2. The van der Waals surface area contributed by atoms with E-state index in [4.69, 9.17) is 16.8 Å². The van der Waals surface area contributed by atoms with E-state index in [-0.39, 0.29) is 12.5 Å². The van der Waals surface area contributed by atoms with Gasteiger partial charge in [0.2, 0.25) is 5.96 Å². The second-order valence-corrected chi connectivity index (χ2v) is 1.35. The number of nitrogens with zero attached hydrogens (tertiary/aromatic N) is 1. The van der Waals surface area contributed by atoms with Gasteiger partial charge in [0.1, 0.15) is 6.54 Å². The number of hydrogen-bond acceptors (Lipinski definition) is 4. The van der Waals surface area contributed by atoms with Crippen molar-refractivity contribution in [1.82, 2.24) is 10.9 Å². The van der Waals surface area contributed by atoms with Gasteiger partial charge in [0.25, 0.3) is 0 Å². The van der Waals surface area contributed by atoms with Crippen molar-refractivity contribution >= 4 is 11.9 Å². The van der Waals surface area contributed by atoms with E-state index in [0.717, 1.165) is 0 Å². The average Bonchev–Trinajstić information content (AvgIpc) is 1.90. The van der Waals surface area contributed by atoms with E-state index >= 15 is 0 Å². The number of hydrazine groups is 2. The molecule has 0 saturated heterocycles. The summed E-state index contributed by atoms with van der Waals surface area (Å²) in [6.07, 6.45) is 0. The first kappa shape index (κ1) is 8.66. The van der Waals surface area contributed by atoms with Crippen LogP contribution in [0.4, 0.5) is 0 Å². The van der Waals surface area contributed by atoms with Crippen molar-refractivity contribution in [1.29, 1.82) is 0 Å². The van der Waals surface area contributed by atoms with Crippen LogP contribution in [0.25, 0.3) is 0 Å². The summed E-state index contributed by atoms with van der Waals surface area (Å²) in [5.74, 6) is 8.68. The van der Waals surface area contributed by atoms with Gasteiger partial charge < -0.3 is 5.11 Å². The van der Waals surface area contributed by atoms with Gasteiger partial charge in [-0.3, -0.25) is 15.6 Å². The van der Waals surface area contributed by atoms with Crippen LogP contribution in [0.1, 0.15) is 0 Å². The molecule has 0 aliphatic carbocycles. The molecule has 0 aromatic rings. The lowest BCUT2D eigenvalue weighted by Gasteiger charge is -2.00. The first-order valence-electron chi connectivity index (χ1n) is 2.40. The molecule has 0 unspecified atom stereocenters. The molecule has 0 saturated carbocycles. The summed E-state index contributed by atoms with van der Waals surface area (Å²) in [5, 5.41) is 8.11. The predicted molar refractivity (Wildman–Crippen MR) is 34.6 cm³/mol. The molecule has 0 rings (SSSR count). The third-order valence-corrected chi connectivity index (χ3v) is 0.646. The molecule has 0 amide bonds. The van der Waals surface area contributed by atoms with Crippen molar-refractivity contribution in [3.8, 4) is 0 Å². The third kappa shape index (κ3) is 3.64. The molecule has 7 nitrogen and oxygen atoms in total. The van der Waals surface area contributed by atoms with Crippen molar-refractivity contribution in [2.24, 2.45) is 16.7 Å². The number of guanidine groups is 1. The van der Waals surface area contributed by atoms with Crippen molar-refractivity contribution in [3.63, 3.8) is 0 Å². The zero-order valence-corrected chi connectivity index (χ0v) is 5.16. The van der Waals surface area contributed by atoms with Crippen LogP contribution in [0.2, 0.25) is 0 Å². The molecule has 0 aromatic carbocycles. The molecule has 0 aromatic heterocycles. The van der Waals surface area contributed by atoms with Gasteiger partial charge in [-0.2, -0.15) is 0 Å². The van der Waals surface area contributed by atoms with Crippen LogP contribution in [0, 0.1) is 0 Å². The fourth-order valence-corrected chi connectivity index (χ4v) is 0.280. The van der Waals surface area contributed by atoms with Crippen molar-refractivity contribution in [2.45, 2.75) is 0 Å². The second kappa shape index (κ2) is 4.53. The topological polar surface area (TPSA) is 126 Å². The normalized spacial score (nSPS) is 8.20. The first-order valence-corrected chi connectivity index (χ1v) is 2.40. The Hall–Kier alpha value is -1.34. The minimum Gasteiger partial charge on any atom is -0.480 e. The Bertz CT molecular complexity index is 138. The minimum atomic E-state index is -1.05. The lowest BCUT2D eigenvalue weighted by atomic mass is 10.7. The van der Waals surface area contributed by atoms with Gasteiger partial charge in [-0.05, 0) is 0 Å². The molecule has 0 radical (unpaired) electrons. The highest BCUT2D eigenvalue weighted by Gasteiger charge is 1.94. The summed E-state index contributed by atoms with van der Waals surface area (Å²) in [6.45, 7) is -0.371. The van der Waals surface area contributed by atoms with Crippen molar-refractivity contribution < 1.29 is 9.90 Å². The van der Waals surface area contributed by atoms with E-state index in [9.17, 15) is 4.79 Å². The number of nitrogens with one attached hydrogen (secondary N) is 2. The molecule has 0 spiro atoms. The highest BCUT2D eigenvalue weighted by atomic mass is 16.4. The van der Waals surface area contributed by atoms with Crippen LogP contribution < -0.4 is 22.5 Å². The summed E-state index contributed by atoms with van der Waals surface area (Å²) < 4.78 is 0. The molecule has 0 atom stereocenters. The Morgan fingerprint density at radius 2 is 2.00 bits per heavy atom. The monoisotopic (exact) mass is 147 g/mol. The molecule has 7 heteroatoms. The number of carbonyl (C=O) groups is 1. The number of aliphatic imine (C=N–C) groups is 1. The first-order chi connectivity index (χ1) is 4.70. The van der Waals surface area contributed by atoms with Gasteiger partial charge in [-0.1, -0.05) is 0 Å². The summed E-state index contributed by atoms with van der Waals surface area (Å²) in [7, 11) is 0. The van der Waals surface area contributed by atoms with E-state index in [2.05, 4.69) is 15.8 Å². The highest BCUT2D eigenvalue weighted by Crippen LogP contribution is 1.68. The molecule has 7 N–H and O–H groups in total. The molecule has 0 bridgehead atoms. The minimum absolute atomic E-state index is 0.0300. The van der Waals surface area contributed by atoms with E-state index in [0.29, 0.717) is 0 Å². The lowest BCUT2D eigenvalue weighted by molar-refractivity contribution is -0.135. The van der Waals surface area contributed by atoms with E-state index in [1.807, 2.05) is 0 Å². The Morgan fingerprint density at radius 3 is 2.30 bits per heavy atom. The van der Waals surface area contributed by atoms with Crippen molar-refractivity contribution in [2.75, 3.05) is 6.54 Å². The smallest absolute Gasteiger partial charge is 0.325 e. The Labute approximate surface area is 57.0 Å². The summed E-state index contributed by atoms with van der Waals surface area (Å²) in [6, 6.07) is 0. The molecule has 58 valence electrons. The molecule has 0 aliphatic rings. The number of hydrogen-bond donors (Lipinski definition) is 5. The quantitative estimate of drug-likeness (QED) is 0.126. The van der Waals surface area contributed by atoms with Crippen LogP contribution in [0.15, 0.2) is 4.99 Å². The zero-order chi connectivity index (χ0) is 7.98. The van der Waals surface area contributed by atoms with Crippen LogP contribution in [0.5, 0.6) is 0 Å². The summed E-state index contributed by atoms with van der Waals surface area (Å²) >= 11 is 0. The zero-order valence-electron chi connectivity index (χ0n) is 5.16. The number of rotatable bonds is 2. The summed E-state index contributed by atoms with van der Waals surface area (Å²) in [4.78, 5) is 13.3. The third-order valence-electron chi connectivity index (χ3n) is 0.646. The van der Waals surface area contributed by atoms with Gasteiger partial charge in [0.15, 0.2) is 0 Å². The number of carboxylic acid groups (broad SMARTS) is 1. The van der Waals surface area contributed by atoms with Gasteiger partial charge >= 0.3 is 5.97 Å². The second-order valence-electron chi connectivity index (χ2n) is 1.35. The Balaban J connectivity index is 3.74. The van der Waals surface area contributed by atoms with Gasteiger partial charge in [0.05, 0.1) is 0 Å². The van der Waals surface area contributed by atoms with Crippen LogP contribution >= 0.6 is 0 Å². The molecular formula is C3H9N5O2. The molecule has 10 heavy (non-hydrogen) atoms. The van der Waals surface area contributed by atoms with Crippen LogP contribution in [-0.4, -0.2) is 23.6 Å². The number of aliphatic carboxylic acids is 1. The summed E-state index contributed by atoms with van der Waals surface area (Å²) in [5.41, 5.74) is 4.12. The van der Waals surface area contributed by atoms with E-state index < -0.39 is 5.97 Å².